The van der Waals surface area contributed by atoms with E-state index in [0.29, 0.717) is 29.2 Å². The van der Waals surface area contributed by atoms with E-state index in [1.54, 1.807) is 19.2 Å². The monoisotopic (exact) mass is 544 g/mol. The minimum absolute atomic E-state index is 0.00890. The highest BCUT2D eigenvalue weighted by atomic mass is 19.4. The molecule has 5 rings (SSSR count). The predicted octanol–water partition coefficient (Wildman–Crippen LogP) is 4.30. The number of pyridine rings is 2. The van der Waals surface area contributed by atoms with Gasteiger partial charge in [0, 0.05) is 37.8 Å². The van der Waals surface area contributed by atoms with Gasteiger partial charge in [0.25, 0.3) is 0 Å². The number of ether oxygens (including phenoxy) is 2. The Bertz CT molecular complexity index is 1490. The molecule has 0 radical (unpaired) electrons. The van der Waals surface area contributed by atoms with E-state index in [1.165, 1.54) is 27.6 Å². The zero-order valence-electron chi connectivity index (χ0n) is 21.2. The van der Waals surface area contributed by atoms with Gasteiger partial charge in [0.1, 0.15) is 29.6 Å². The Hall–Kier alpha value is -3.97. The summed E-state index contributed by atoms with van der Waals surface area (Å²) in [6.07, 6.45) is -4.32. The Kier molecular flexibility index (Phi) is 7.28. The Morgan fingerprint density at radius 3 is 2.77 bits per heavy atom. The molecule has 3 atom stereocenters. The molecule has 2 N–H and O–H groups in total. The van der Waals surface area contributed by atoms with Gasteiger partial charge < -0.3 is 19.9 Å². The van der Waals surface area contributed by atoms with Crippen LogP contribution in [0.3, 0.4) is 0 Å². The lowest BCUT2D eigenvalue weighted by Crippen LogP contribution is -2.40. The van der Waals surface area contributed by atoms with Crippen LogP contribution in [-0.4, -0.2) is 80.8 Å². The molecular weight excluding hydrogens is 517 g/mol. The van der Waals surface area contributed by atoms with Crippen molar-refractivity contribution in [2.45, 2.75) is 37.7 Å². The lowest BCUT2D eigenvalue weighted by molar-refractivity contribution is -0.184. The van der Waals surface area contributed by atoms with Crippen molar-refractivity contribution < 1.29 is 32.5 Å². The van der Waals surface area contributed by atoms with Crippen LogP contribution in [0.5, 0.6) is 5.75 Å². The lowest BCUT2D eigenvalue weighted by Gasteiger charge is -2.30. The zero-order valence-corrected chi connectivity index (χ0v) is 21.2. The molecule has 0 spiro atoms. The molecule has 1 saturated heterocycles. The SMILES string of the molecule is CO[C@H](C)COc1cccc2ccc(-c3nnc4ccc([C@@H](N5CC[C@H](NC(=O)O)C5)C(F)(F)F)cn34)nc12. The molecule has 0 bridgehead atoms. The maximum absolute atomic E-state index is 14.3. The second kappa shape index (κ2) is 10.7. The Labute approximate surface area is 221 Å². The van der Waals surface area contributed by atoms with Gasteiger partial charge in [-0.05, 0) is 37.1 Å². The summed E-state index contributed by atoms with van der Waals surface area (Å²) in [4.78, 5) is 16.9. The van der Waals surface area contributed by atoms with E-state index < -0.39 is 24.4 Å². The second-order valence-corrected chi connectivity index (χ2v) is 9.47. The fourth-order valence-corrected chi connectivity index (χ4v) is 4.80. The number of benzene rings is 1. The van der Waals surface area contributed by atoms with E-state index in [0.717, 1.165) is 5.39 Å². The number of amides is 1. The molecule has 10 nitrogen and oxygen atoms in total. The maximum atomic E-state index is 14.3. The summed E-state index contributed by atoms with van der Waals surface area (Å²) >= 11 is 0. The normalized spacial score (nSPS) is 17.9. The predicted molar refractivity (Wildman–Crippen MR) is 136 cm³/mol. The van der Waals surface area contributed by atoms with Gasteiger partial charge in [0.05, 0.1) is 6.10 Å². The van der Waals surface area contributed by atoms with Crippen LogP contribution in [0.4, 0.5) is 18.0 Å². The number of para-hydroxylation sites is 1. The smallest absolute Gasteiger partial charge is 0.408 e. The molecule has 1 amide bonds. The van der Waals surface area contributed by atoms with Crippen molar-refractivity contribution in [1.29, 1.82) is 0 Å². The van der Waals surface area contributed by atoms with E-state index in [9.17, 15) is 18.0 Å². The van der Waals surface area contributed by atoms with Crippen molar-refractivity contribution in [3.63, 3.8) is 0 Å². The fourth-order valence-electron chi connectivity index (χ4n) is 4.80. The number of carbonyl (C=O) groups is 1. The molecule has 0 saturated carbocycles. The summed E-state index contributed by atoms with van der Waals surface area (Å²) in [5, 5.41) is 20.4. The first-order valence-electron chi connectivity index (χ1n) is 12.3. The molecule has 13 heteroatoms. The standard InChI is InChI=1S/C26H27F3N6O4/c1-15(38-2)14-39-20-5-3-4-16-6-8-19(31-22(16)20)24-33-32-21-9-7-17(12-35(21)24)23(26(27,28)29)34-11-10-18(13-34)30-25(36)37/h3-9,12,15,18,23,30H,10-11,13-14H2,1-2H3,(H,36,37)/t15-,18+,23-/m1/s1. The number of aromatic nitrogens is 4. The van der Waals surface area contributed by atoms with Crippen LogP contribution in [-0.2, 0) is 4.74 Å². The summed E-state index contributed by atoms with van der Waals surface area (Å²) < 4.78 is 55.6. The van der Waals surface area contributed by atoms with Gasteiger partial charge in [-0.25, -0.2) is 9.78 Å². The van der Waals surface area contributed by atoms with Crippen molar-refractivity contribution in [2.75, 3.05) is 26.8 Å². The molecule has 4 heterocycles. The first-order valence-corrected chi connectivity index (χ1v) is 12.3. The maximum Gasteiger partial charge on any atom is 0.408 e. The van der Waals surface area contributed by atoms with Crippen LogP contribution in [0.2, 0.25) is 0 Å². The van der Waals surface area contributed by atoms with Gasteiger partial charge >= 0.3 is 12.3 Å². The Morgan fingerprint density at radius 1 is 1.21 bits per heavy atom. The summed E-state index contributed by atoms with van der Waals surface area (Å²) in [6.45, 7) is 2.24. The summed E-state index contributed by atoms with van der Waals surface area (Å²) in [5.41, 5.74) is 1.35. The molecule has 1 aliphatic rings. The van der Waals surface area contributed by atoms with E-state index in [-0.39, 0.29) is 37.0 Å². The number of rotatable bonds is 8. The number of nitrogens with one attached hydrogen (secondary N) is 1. The molecule has 39 heavy (non-hydrogen) atoms. The van der Waals surface area contributed by atoms with E-state index in [1.807, 2.05) is 25.1 Å². The topological polar surface area (TPSA) is 114 Å². The average Bonchev–Trinajstić information content (AvgIpc) is 3.52. The number of methoxy groups -OCH3 is 1. The van der Waals surface area contributed by atoms with Crippen LogP contribution >= 0.6 is 0 Å². The van der Waals surface area contributed by atoms with Crippen LogP contribution in [0.1, 0.15) is 24.9 Å². The van der Waals surface area contributed by atoms with Crippen molar-refractivity contribution in [3.8, 4) is 17.3 Å². The lowest BCUT2D eigenvalue weighted by atomic mass is 10.1. The van der Waals surface area contributed by atoms with E-state index in [2.05, 4.69) is 15.5 Å². The molecule has 4 aromatic rings. The highest BCUT2D eigenvalue weighted by molar-refractivity contribution is 5.86. The molecule has 0 aliphatic carbocycles. The van der Waals surface area contributed by atoms with Crippen LogP contribution in [0.15, 0.2) is 48.7 Å². The third kappa shape index (κ3) is 5.59. The van der Waals surface area contributed by atoms with Crippen molar-refractivity contribution in [1.82, 2.24) is 29.8 Å². The minimum Gasteiger partial charge on any atom is -0.489 e. The van der Waals surface area contributed by atoms with Gasteiger partial charge in [-0.1, -0.05) is 24.3 Å². The van der Waals surface area contributed by atoms with Crippen molar-refractivity contribution >= 4 is 22.6 Å². The Balaban J connectivity index is 1.51. The first-order chi connectivity index (χ1) is 18.6. The van der Waals surface area contributed by atoms with Crippen molar-refractivity contribution in [2.24, 2.45) is 0 Å². The average molecular weight is 545 g/mol. The van der Waals surface area contributed by atoms with Gasteiger partial charge in [-0.15, -0.1) is 10.2 Å². The van der Waals surface area contributed by atoms with Gasteiger partial charge in [-0.2, -0.15) is 13.2 Å². The van der Waals surface area contributed by atoms with E-state index in [4.69, 9.17) is 19.6 Å². The molecule has 1 aliphatic heterocycles. The zero-order chi connectivity index (χ0) is 27.7. The number of nitrogens with zero attached hydrogens (tertiary/aromatic N) is 5. The minimum atomic E-state index is -4.59. The number of carboxylic acid groups (broad SMARTS) is 1. The van der Waals surface area contributed by atoms with Crippen LogP contribution in [0.25, 0.3) is 28.1 Å². The van der Waals surface area contributed by atoms with Crippen LogP contribution < -0.4 is 10.1 Å². The van der Waals surface area contributed by atoms with Gasteiger partial charge in [0.15, 0.2) is 11.5 Å². The Morgan fingerprint density at radius 2 is 2.03 bits per heavy atom. The number of fused-ring (bicyclic) bond motifs is 2. The number of halogens is 3. The summed E-state index contributed by atoms with van der Waals surface area (Å²) in [7, 11) is 1.59. The van der Waals surface area contributed by atoms with Gasteiger partial charge in [-0.3, -0.25) is 9.30 Å². The highest BCUT2D eigenvalue weighted by Gasteiger charge is 2.47. The van der Waals surface area contributed by atoms with Crippen LogP contribution in [0, 0.1) is 0 Å². The third-order valence-electron chi connectivity index (χ3n) is 6.75. The molecular formula is C26H27F3N6O4. The molecule has 3 aromatic heterocycles. The number of hydrogen-bond acceptors (Lipinski definition) is 7. The van der Waals surface area contributed by atoms with Crippen molar-refractivity contribution in [3.05, 3.63) is 54.2 Å². The largest absolute Gasteiger partial charge is 0.489 e. The molecule has 0 unspecified atom stereocenters. The number of hydrogen-bond donors (Lipinski definition) is 2. The summed E-state index contributed by atoms with van der Waals surface area (Å²) in [5.74, 6) is 0.824. The second-order valence-electron chi connectivity index (χ2n) is 9.47. The quantitative estimate of drug-likeness (QED) is 0.338. The molecule has 1 aromatic carbocycles. The number of alkyl halides is 3. The summed E-state index contributed by atoms with van der Waals surface area (Å²) in [6, 6.07) is 9.45. The molecule has 206 valence electrons. The third-order valence-corrected chi connectivity index (χ3v) is 6.75. The number of likely N-dealkylation sites (tertiary alicyclic amines) is 1. The van der Waals surface area contributed by atoms with E-state index >= 15 is 0 Å². The fraction of sp³-hybridized carbons (Fsp3) is 0.385. The highest BCUT2D eigenvalue weighted by Crippen LogP contribution is 2.40. The van der Waals surface area contributed by atoms with Gasteiger partial charge in [0.2, 0.25) is 0 Å². The first kappa shape index (κ1) is 26.6. The molecule has 1 fully saturated rings.